The molecule has 0 bridgehead atoms. The van der Waals surface area contributed by atoms with Crippen LogP contribution in [0.4, 0.5) is 0 Å². The Morgan fingerprint density at radius 1 is 0.500 bits per heavy atom. The van der Waals surface area contributed by atoms with E-state index in [2.05, 4.69) is 41.5 Å². The van der Waals surface area contributed by atoms with Crippen molar-refractivity contribution in [2.24, 2.45) is 23.7 Å². The standard InChI is InChI=1S/C14H30.C2H6/c1-11(2)7-9-13(5)14(6)10-8-12(3)4;1-2/h11-14H,7-10H2,1-6H3;1-2H3. The smallest absolute Gasteiger partial charge is 0.0417 e. The molecule has 2 atom stereocenters. The molecule has 16 heavy (non-hydrogen) atoms. The average molecular weight is 228 g/mol. The van der Waals surface area contributed by atoms with Crippen LogP contribution in [-0.4, -0.2) is 0 Å². The van der Waals surface area contributed by atoms with Gasteiger partial charge in [-0.05, 0) is 23.7 Å². The minimum atomic E-state index is 0.870. The molecule has 0 amide bonds. The summed E-state index contributed by atoms with van der Waals surface area (Å²) in [5.41, 5.74) is 0. The highest BCUT2D eigenvalue weighted by molar-refractivity contribution is 4.64. The largest absolute Gasteiger partial charge is 0.0683 e. The summed E-state index contributed by atoms with van der Waals surface area (Å²) < 4.78 is 0. The molecule has 0 rings (SSSR count). The van der Waals surface area contributed by atoms with Crippen molar-refractivity contribution in [2.75, 3.05) is 0 Å². The van der Waals surface area contributed by atoms with Gasteiger partial charge >= 0.3 is 0 Å². The van der Waals surface area contributed by atoms with Crippen LogP contribution in [0.25, 0.3) is 0 Å². The van der Waals surface area contributed by atoms with Gasteiger partial charge in [0.25, 0.3) is 0 Å². The zero-order valence-electron chi connectivity index (χ0n) is 13.1. The maximum absolute atomic E-state index is 2.42. The van der Waals surface area contributed by atoms with Crippen molar-refractivity contribution < 1.29 is 0 Å². The monoisotopic (exact) mass is 228 g/mol. The van der Waals surface area contributed by atoms with Gasteiger partial charge in [0, 0.05) is 0 Å². The lowest BCUT2D eigenvalue weighted by Gasteiger charge is -2.21. The topological polar surface area (TPSA) is 0 Å². The first-order valence-corrected chi connectivity index (χ1v) is 7.43. The summed E-state index contributed by atoms with van der Waals surface area (Å²) in [6.07, 6.45) is 5.62. The second-order valence-electron chi connectivity index (χ2n) is 5.90. The molecule has 0 aromatic carbocycles. The molecule has 0 aromatic rings. The van der Waals surface area contributed by atoms with Crippen molar-refractivity contribution in [1.82, 2.24) is 0 Å². The number of hydrogen-bond acceptors (Lipinski definition) is 0. The van der Waals surface area contributed by atoms with Gasteiger partial charge in [-0.3, -0.25) is 0 Å². The van der Waals surface area contributed by atoms with Crippen molar-refractivity contribution in [3.05, 3.63) is 0 Å². The average Bonchev–Trinajstić information content (AvgIpc) is 2.25. The van der Waals surface area contributed by atoms with Gasteiger partial charge in [0.1, 0.15) is 0 Å². The molecule has 0 saturated heterocycles. The van der Waals surface area contributed by atoms with Gasteiger partial charge < -0.3 is 0 Å². The minimum absolute atomic E-state index is 0.870. The van der Waals surface area contributed by atoms with E-state index in [0.717, 1.165) is 23.7 Å². The van der Waals surface area contributed by atoms with Gasteiger partial charge in [0.05, 0.1) is 0 Å². The molecule has 0 fully saturated rings. The Labute approximate surface area is 105 Å². The van der Waals surface area contributed by atoms with E-state index in [4.69, 9.17) is 0 Å². The Bertz CT molecular complexity index is 108. The van der Waals surface area contributed by atoms with E-state index in [1.54, 1.807) is 0 Å². The molecule has 100 valence electrons. The molecule has 0 radical (unpaired) electrons. The van der Waals surface area contributed by atoms with Gasteiger partial charge in [-0.1, -0.05) is 81.1 Å². The predicted octanol–water partition coefficient (Wildman–Crippen LogP) is 6.16. The van der Waals surface area contributed by atoms with E-state index in [1.807, 2.05) is 13.8 Å². The fourth-order valence-corrected chi connectivity index (χ4v) is 1.76. The maximum atomic E-state index is 2.42. The van der Waals surface area contributed by atoms with Crippen LogP contribution in [-0.2, 0) is 0 Å². The van der Waals surface area contributed by atoms with E-state index < -0.39 is 0 Å². The van der Waals surface area contributed by atoms with E-state index >= 15 is 0 Å². The minimum Gasteiger partial charge on any atom is -0.0683 e. The first-order chi connectivity index (χ1) is 7.43. The van der Waals surface area contributed by atoms with E-state index in [0.29, 0.717) is 0 Å². The summed E-state index contributed by atoms with van der Waals surface area (Å²) in [6, 6.07) is 0. The maximum Gasteiger partial charge on any atom is -0.0417 e. The van der Waals surface area contributed by atoms with Crippen molar-refractivity contribution in [1.29, 1.82) is 0 Å². The van der Waals surface area contributed by atoms with Crippen molar-refractivity contribution in [3.8, 4) is 0 Å². The Kier molecular flexibility index (Phi) is 13.2. The Morgan fingerprint density at radius 2 is 0.750 bits per heavy atom. The van der Waals surface area contributed by atoms with Crippen LogP contribution in [0.2, 0.25) is 0 Å². The van der Waals surface area contributed by atoms with E-state index in [-0.39, 0.29) is 0 Å². The molecule has 0 N–H and O–H groups in total. The van der Waals surface area contributed by atoms with Crippen molar-refractivity contribution in [2.45, 2.75) is 81.1 Å². The highest BCUT2D eigenvalue weighted by Gasteiger charge is 2.12. The molecule has 0 heteroatoms. The van der Waals surface area contributed by atoms with Crippen LogP contribution in [0, 0.1) is 23.7 Å². The fourth-order valence-electron chi connectivity index (χ4n) is 1.76. The Morgan fingerprint density at radius 3 is 0.938 bits per heavy atom. The summed E-state index contributed by atoms with van der Waals surface area (Å²) in [4.78, 5) is 0. The fraction of sp³-hybridized carbons (Fsp3) is 1.00. The normalized spacial score (nSPS) is 14.6. The summed E-state index contributed by atoms with van der Waals surface area (Å²) in [5.74, 6) is 3.57. The SMILES string of the molecule is CC.CC(C)CCC(C)C(C)CCC(C)C. The van der Waals surface area contributed by atoms with Gasteiger partial charge in [0.15, 0.2) is 0 Å². The molecule has 0 heterocycles. The van der Waals surface area contributed by atoms with Gasteiger partial charge in [-0.2, -0.15) is 0 Å². The van der Waals surface area contributed by atoms with Crippen LogP contribution >= 0.6 is 0 Å². The van der Waals surface area contributed by atoms with E-state index in [9.17, 15) is 0 Å². The molecule has 0 nitrogen and oxygen atoms in total. The summed E-state index contributed by atoms with van der Waals surface area (Å²) >= 11 is 0. The molecule has 0 aliphatic rings. The summed E-state index contributed by atoms with van der Waals surface area (Å²) in [6.45, 7) is 18.1. The third-order valence-corrected chi connectivity index (χ3v) is 3.37. The second kappa shape index (κ2) is 11.5. The molecule has 2 unspecified atom stereocenters. The van der Waals surface area contributed by atoms with Crippen LogP contribution in [0.1, 0.15) is 81.1 Å². The number of rotatable bonds is 7. The van der Waals surface area contributed by atoms with Crippen molar-refractivity contribution in [3.63, 3.8) is 0 Å². The Balaban J connectivity index is 0. The number of hydrogen-bond donors (Lipinski definition) is 0. The van der Waals surface area contributed by atoms with Crippen LogP contribution in [0.5, 0.6) is 0 Å². The highest BCUT2D eigenvalue weighted by Crippen LogP contribution is 2.24. The van der Waals surface area contributed by atoms with Crippen LogP contribution in [0.3, 0.4) is 0 Å². The molecule has 0 spiro atoms. The Hall–Kier alpha value is 0. The highest BCUT2D eigenvalue weighted by atomic mass is 14.2. The lowest BCUT2D eigenvalue weighted by Crippen LogP contribution is -2.10. The molecule has 0 aliphatic carbocycles. The lowest BCUT2D eigenvalue weighted by molar-refractivity contribution is 0.303. The van der Waals surface area contributed by atoms with Gasteiger partial charge in [-0.25, -0.2) is 0 Å². The predicted molar refractivity (Wildman–Crippen MR) is 77.8 cm³/mol. The second-order valence-corrected chi connectivity index (χ2v) is 5.90. The molecular formula is C16H36. The zero-order chi connectivity index (χ0) is 13.1. The molecule has 0 aromatic heterocycles. The van der Waals surface area contributed by atoms with Gasteiger partial charge in [0.2, 0.25) is 0 Å². The lowest BCUT2D eigenvalue weighted by atomic mass is 9.85. The third-order valence-electron chi connectivity index (χ3n) is 3.37. The molecule has 0 saturated carbocycles. The first-order valence-electron chi connectivity index (χ1n) is 7.43. The van der Waals surface area contributed by atoms with Crippen LogP contribution in [0.15, 0.2) is 0 Å². The van der Waals surface area contributed by atoms with Crippen LogP contribution < -0.4 is 0 Å². The quantitative estimate of drug-likeness (QED) is 0.489. The van der Waals surface area contributed by atoms with E-state index in [1.165, 1.54) is 25.7 Å². The van der Waals surface area contributed by atoms with Gasteiger partial charge in [-0.15, -0.1) is 0 Å². The zero-order valence-corrected chi connectivity index (χ0v) is 13.1. The molecule has 0 aliphatic heterocycles. The summed E-state index contributed by atoms with van der Waals surface area (Å²) in [7, 11) is 0. The first kappa shape index (κ1) is 18.4. The van der Waals surface area contributed by atoms with Crippen molar-refractivity contribution >= 4 is 0 Å². The summed E-state index contributed by atoms with van der Waals surface area (Å²) in [5, 5.41) is 0. The third kappa shape index (κ3) is 12.1. The molecular weight excluding hydrogens is 192 g/mol.